The van der Waals surface area contributed by atoms with Crippen molar-refractivity contribution in [1.29, 1.82) is 0 Å². The van der Waals surface area contributed by atoms with E-state index in [1.54, 1.807) is 11.3 Å². The largest absolute Gasteiger partial charge is 0.310 e. The van der Waals surface area contributed by atoms with Crippen LogP contribution in [0.15, 0.2) is 183 Å². The van der Waals surface area contributed by atoms with E-state index in [1.165, 1.54) is 79.7 Å². The fourth-order valence-corrected chi connectivity index (χ4v) is 10.5. The van der Waals surface area contributed by atoms with Gasteiger partial charge in [0.05, 0.1) is 26.9 Å². The van der Waals surface area contributed by atoms with Gasteiger partial charge < -0.3 is 9.13 Å². The number of fused-ring (bicyclic) bond motifs is 13. The van der Waals surface area contributed by atoms with E-state index in [0.717, 1.165) is 39.4 Å². The smallest absolute Gasteiger partial charge is 0.0709 e. The molecule has 0 saturated heterocycles. The molecule has 0 aliphatic carbocycles. The van der Waals surface area contributed by atoms with E-state index in [0.29, 0.717) is 0 Å². The molecule has 3 nitrogen and oxygen atoms in total. The summed E-state index contributed by atoms with van der Waals surface area (Å²) < 4.78 is 7.12. The molecular weight excluding hydrogens is 723 g/mol. The fourth-order valence-electron chi connectivity index (χ4n) is 9.42. The zero-order chi connectivity index (χ0) is 38.5. The molecule has 4 heteroatoms. The molecule has 0 unspecified atom stereocenters. The van der Waals surface area contributed by atoms with Crippen LogP contribution in [0, 0.1) is 6.92 Å². The van der Waals surface area contributed by atoms with Gasteiger partial charge in [-0.05, 0) is 105 Å². The maximum absolute atomic E-state index is 5.05. The summed E-state index contributed by atoms with van der Waals surface area (Å²) in [6, 6.07) is 59.4. The molecule has 58 heavy (non-hydrogen) atoms. The van der Waals surface area contributed by atoms with E-state index in [1.807, 2.05) is 0 Å². The Hall–Kier alpha value is -7.27. The van der Waals surface area contributed by atoms with Gasteiger partial charge in [-0.1, -0.05) is 122 Å². The summed E-state index contributed by atoms with van der Waals surface area (Å²) in [4.78, 5) is 5.05. The lowest BCUT2D eigenvalue weighted by Crippen LogP contribution is -1.98. The third kappa shape index (κ3) is 4.82. The highest BCUT2D eigenvalue weighted by atomic mass is 32.1. The SMILES string of the molecule is C=C(/C=C\c1c(C)c2ccccc2n1-c1ccc2sc3cnc(-c4ccc5c6ccccc6c6ccccc6c5c4)cc3c2c1)n1c2ccccc2c2ccccc21. The van der Waals surface area contributed by atoms with Crippen LogP contribution in [0.2, 0.25) is 0 Å². The number of para-hydroxylation sites is 3. The highest BCUT2D eigenvalue weighted by molar-refractivity contribution is 7.25. The second kappa shape index (κ2) is 12.6. The summed E-state index contributed by atoms with van der Waals surface area (Å²) in [7, 11) is 0. The Kier molecular flexibility index (Phi) is 7.16. The van der Waals surface area contributed by atoms with Gasteiger partial charge in [0, 0.05) is 60.5 Å². The Morgan fingerprint density at radius 1 is 0.517 bits per heavy atom. The molecule has 12 aromatic rings. The number of aryl methyl sites for hydroxylation is 1. The van der Waals surface area contributed by atoms with Gasteiger partial charge in [0.15, 0.2) is 0 Å². The maximum Gasteiger partial charge on any atom is 0.0709 e. The molecule has 272 valence electrons. The van der Waals surface area contributed by atoms with Crippen LogP contribution in [0.5, 0.6) is 0 Å². The quantitative estimate of drug-likeness (QED) is 0.127. The molecule has 0 aliphatic heterocycles. The van der Waals surface area contributed by atoms with Crippen LogP contribution in [0.4, 0.5) is 0 Å². The molecule has 0 saturated carbocycles. The van der Waals surface area contributed by atoms with Gasteiger partial charge in [-0.3, -0.25) is 4.98 Å². The van der Waals surface area contributed by atoms with Crippen LogP contribution in [-0.2, 0) is 0 Å². The highest BCUT2D eigenvalue weighted by Gasteiger charge is 2.18. The summed E-state index contributed by atoms with van der Waals surface area (Å²) in [5.41, 5.74) is 10.0. The Morgan fingerprint density at radius 2 is 1.07 bits per heavy atom. The van der Waals surface area contributed by atoms with Crippen molar-refractivity contribution in [3.8, 4) is 16.9 Å². The first-order chi connectivity index (χ1) is 28.6. The van der Waals surface area contributed by atoms with Crippen molar-refractivity contribution >= 4 is 108 Å². The lowest BCUT2D eigenvalue weighted by molar-refractivity contribution is 1.10. The second-order valence-corrected chi connectivity index (χ2v) is 16.3. The fraction of sp³-hybridized carbons (Fsp3) is 0.0185. The molecule has 0 bridgehead atoms. The van der Waals surface area contributed by atoms with Crippen LogP contribution in [0.1, 0.15) is 11.3 Å². The number of pyridine rings is 1. The number of hydrogen-bond donors (Lipinski definition) is 0. The van der Waals surface area contributed by atoms with Gasteiger partial charge in [-0.25, -0.2) is 0 Å². The minimum absolute atomic E-state index is 0.919. The lowest BCUT2D eigenvalue weighted by atomic mass is 9.93. The van der Waals surface area contributed by atoms with Crippen LogP contribution >= 0.6 is 11.3 Å². The van der Waals surface area contributed by atoms with Crippen molar-refractivity contribution in [2.75, 3.05) is 0 Å². The summed E-state index contributed by atoms with van der Waals surface area (Å²) >= 11 is 1.80. The molecule has 0 amide bonds. The predicted octanol–water partition coefficient (Wildman–Crippen LogP) is 15.1. The number of rotatable bonds is 5. The average molecular weight is 758 g/mol. The van der Waals surface area contributed by atoms with E-state index in [9.17, 15) is 0 Å². The molecule has 0 radical (unpaired) electrons. The summed E-state index contributed by atoms with van der Waals surface area (Å²) in [6.45, 7) is 6.84. The lowest BCUT2D eigenvalue weighted by Gasteiger charge is -2.12. The number of hydrogen-bond acceptors (Lipinski definition) is 2. The first-order valence-electron chi connectivity index (χ1n) is 19.7. The maximum atomic E-state index is 5.05. The Morgan fingerprint density at radius 3 is 1.74 bits per heavy atom. The van der Waals surface area contributed by atoms with Crippen LogP contribution in [0.25, 0.3) is 114 Å². The topological polar surface area (TPSA) is 22.8 Å². The van der Waals surface area contributed by atoms with Crippen molar-refractivity contribution in [3.05, 3.63) is 194 Å². The molecule has 12 rings (SSSR count). The molecular formula is C54H35N3S. The molecule has 0 aliphatic rings. The zero-order valence-electron chi connectivity index (χ0n) is 31.8. The van der Waals surface area contributed by atoms with E-state index in [4.69, 9.17) is 4.98 Å². The zero-order valence-corrected chi connectivity index (χ0v) is 32.6. The van der Waals surface area contributed by atoms with Gasteiger partial charge in [-0.15, -0.1) is 11.3 Å². The monoisotopic (exact) mass is 757 g/mol. The number of allylic oxidation sites excluding steroid dienone is 2. The summed E-state index contributed by atoms with van der Waals surface area (Å²) in [5.74, 6) is 0. The first-order valence-corrected chi connectivity index (χ1v) is 20.5. The minimum atomic E-state index is 0.919. The van der Waals surface area contributed by atoms with Gasteiger partial charge in [0.2, 0.25) is 0 Å². The summed E-state index contributed by atoms with van der Waals surface area (Å²) in [5, 5.41) is 13.8. The highest BCUT2D eigenvalue weighted by Crippen LogP contribution is 2.41. The first kappa shape index (κ1) is 32.9. The number of thiophene rings is 1. The van der Waals surface area contributed by atoms with Crippen molar-refractivity contribution in [3.63, 3.8) is 0 Å². The van der Waals surface area contributed by atoms with Gasteiger partial charge in [0.25, 0.3) is 0 Å². The van der Waals surface area contributed by atoms with Crippen molar-refractivity contribution < 1.29 is 0 Å². The van der Waals surface area contributed by atoms with Gasteiger partial charge >= 0.3 is 0 Å². The van der Waals surface area contributed by atoms with Crippen LogP contribution in [-0.4, -0.2) is 14.1 Å². The van der Waals surface area contributed by atoms with E-state index >= 15 is 0 Å². The third-order valence-electron chi connectivity index (χ3n) is 12.1. The van der Waals surface area contributed by atoms with E-state index in [-0.39, 0.29) is 0 Å². The standard InChI is InChI=1S/C54H35N3S/c1-33(56-51-21-11-8-18-43(51)44-19-9-12-22-52(44)56)23-27-49-34(2)37-13-7-10-20-50(37)57(49)36-25-28-53-46(30-36)47-31-48(55-32-54(47)58-53)35-24-26-42-40-16-4-3-14-38(40)39-15-5-6-17-41(39)45(42)29-35/h3-32H,1H2,2H3/b27-23-. The number of aromatic nitrogens is 3. The molecule has 0 spiro atoms. The molecule has 4 aromatic heterocycles. The van der Waals surface area contributed by atoms with Gasteiger partial charge in [-0.2, -0.15) is 0 Å². The van der Waals surface area contributed by atoms with Crippen LogP contribution < -0.4 is 0 Å². The van der Waals surface area contributed by atoms with E-state index in [2.05, 4.69) is 205 Å². The molecule has 8 aromatic carbocycles. The summed E-state index contributed by atoms with van der Waals surface area (Å²) in [6.07, 6.45) is 6.47. The third-order valence-corrected chi connectivity index (χ3v) is 13.2. The van der Waals surface area contributed by atoms with Crippen molar-refractivity contribution in [2.45, 2.75) is 6.92 Å². The van der Waals surface area contributed by atoms with Crippen LogP contribution in [0.3, 0.4) is 0 Å². The molecule has 0 atom stereocenters. The second-order valence-electron chi connectivity index (χ2n) is 15.3. The van der Waals surface area contributed by atoms with E-state index < -0.39 is 0 Å². The number of nitrogens with zero attached hydrogens (tertiary/aromatic N) is 3. The van der Waals surface area contributed by atoms with Gasteiger partial charge in [0.1, 0.15) is 0 Å². The van der Waals surface area contributed by atoms with Crippen molar-refractivity contribution in [1.82, 2.24) is 14.1 Å². The number of benzene rings is 8. The Balaban J connectivity index is 0.997. The predicted molar refractivity (Wildman–Crippen MR) is 250 cm³/mol. The Labute approximate surface area is 338 Å². The molecule has 0 fully saturated rings. The molecule has 4 heterocycles. The van der Waals surface area contributed by atoms with Crippen molar-refractivity contribution in [2.24, 2.45) is 0 Å². The Bertz CT molecular complexity index is 3630. The normalized spacial score (nSPS) is 12.2. The minimum Gasteiger partial charge on any atom is -0.310 e. The molecule has 0 N–H and O–H groups in total. The average Bonchev–Trinajstić information content (AvgIpc) is 3.92.